The highest BCUT2D eigenvalue weighted by Crippen LogP contribution is 2.02. The van der Waals surface area contributed by atoms with Gasteiger partial charge in [-0.3, -0.25) is 0 Å². The lowest BCUT2D eigenvalue weighted by Gasteiger charge is -2.17. The molecule has 0 fully saturated rings. The van der Waals surface area contributed by atoms with Gasteiger partial charge in [0.25, 0.3) is 0 Å². The minimum absolute atomic E-state index is 0.279. The predicted octanol–water partition coefficient (Wildman–Crippen LogP) is 3.13. The molecule has 0 aliphatic rings. The number of hydrogen-bond donors (Lipinski definition) is 0. The van der Waals surface area contributed by atoms with Gasteiger partial charge in [-0.05, 0) is 26.9 Å². The highest BCUT2D eigenvalue weighted by Gasteiger charge is 2.01. The Kier molecular flexibility index (Phi) is 8.04. The Morgan fingerprint density at radius 3 is 2.42 bits per heavy atom. The molecule has 0 heterocycles. The van der Waals surface area contributed by atoms with E-state index < -0.39 is 0 Å². The summed E-state index contributed by atoms with van der Waals surface area (Å²) in [7, 11) is 2.14. The lowest BCUT2D eigenvalue weighted by Crippen LogP contribution is -2.25. The van der Waals surface area contributed by atoms with Crippen LogP contribution in [0.3, 0.4) is 0 Å². The summed E-state index contributed by atoms with van der Waals surface area (Å²) in [6.45, 7) is 6.49. The van der Waals surface area contributed by atoms with E-state index in [4.69, 9.17) is 11.6 Å². The summed E-state index contributed by atoms with van der Waals surface area (Å²) in [5, 5.41) is 0.279. The van der Waals surface area contributed by atoms with Crippen molar-refractivity contribution in [3.63, 3.8) is 0 Å². The van der Waals surface area contributed by atoms with Gasteiger partial charge in [-0.15, -0.1) is 11.6 Å². The number of hydrogen-bond acceptors (Lipinski definition) is 1. The zero-order valence-corrected chi connectivity index (χ0v) is 9.40. The van der Waals surface area contributed by atoms with E-state index in [-0.39, 0.29) is 5.38 Å². The highest BCUT2D eigenvalue weighted by molar-refractivity contribution is 6.20. The van der Waals surface area contributed by atoms with E-state index in [1.807, 2.05) is 6.92 Å². The van der Waals surface area contributed by atoms with Gasteiger partial charge in [0.2, 0.25) is 0 Å². The molecule has 0 N–H and O–H groups in total. The fourth-order valence-electron chi connectivity index (χ4n) is 1.33. The molecule has 0 aliphatic carbocycles. The molecule has 0 aromatic rings. The quantitative estimate of drug-likeness (QED) is 0.442. The lowest BCUT2D eigenvalue weighted by atomic mass is 10.2. The maximum absolute atomic E-state index is 5.87. The lowest BCUT2D eigenvalue weighted by molar-refractivity contribution is 0.327. The molecule has 0 aromatic heterocycles. The standard InChI is InChI=1S/C10H22ClN/c1-4-5-6-7-8-12(3)9-10(2)11/h10H,4-9H2,1-3H3. The first kappa shape index (κ1) is 12.2. The van der Waals surface area contributed by atoms with E-state index in [2.05, 4.69) is 18.9 Å². The van der Waals surface area contributed by atoms with E-state index in [9.17, 15) is 0 Å². The second-order valence-corrected chi connectivity index (χ2v) is 4.35. The van der Waals surface area contributed by atoms with Gasteiger partial charge in [0.15, 0.2) is 0 Å². The van der Waals surface area contributed by atoms with Crippen LogP contribution in [0.1, 0.15) is 39.5 Å². The van der Waals surface area contributed by atoms with E-state index in [0.29, 0.717) is 0 Å². The Morgan fingerprint density at radius 1 is 1.25 bits per heavy atom. The van der Waals surface area contributed by atoms with Crippen molar-refractivity contribution in [3.05, 3.63) is 0 Å². The third-order valence-electron chi connectivity index (χ3n) is 1.96. The first-order valence-corrected chi connectivity index (χ1v) is 5.43. The van der Waals surface area contributed by atoms with Crippen molar-refractivity contribution in [2.75, 3.05) is 20.1 Å². The number of rotatable bonds is 7. The molecule has 12 heavy (non-hydrogen) atoms. The van der Waals surface area contributed by atoms with Crippen LogP contribution in [0.25, 0.3) is 0 Å². The van der Waals surface area contributed by atoms with Crippen molar-refractivity contribution in [3.8, 4) is 0 Å². The summed E-state index contributed by atoms with van der Waals surface area (Å²) in [5.74, 6) is 0. The summed E-state index contributed by atoms with van der Waals surface area (Å²) in [6, 6.07) is 0. The molecule has 0 bridgehead atoms. The molecule has 1 unspecified atom stereocenters. The smallest absolute Gasteiger partial charge is 0.0434 e. The first-order chi connectivity index (χ1) is 5.66. The molecule has 0 amide bonds. The zero-order chi connectivity index (χ0) is 9.40. The Hall–Kier alpha value is 0.250. The van der Waals surface area contributed by atoms with Gasteiger partial charge in [-0.1, -0.05) is 26.2 Å². The molecule has 74 valence electrons. The van der Waals surface area contributed by atoms with Crippen molar-refractivity contribution in [1.82, 2.24) is 4.90 Å². The van der Waals surface area contributed by atoms with Gasteiger partial charge in [0.1, 0.15) is 0 Å². The zero-order valence-electron chi connectivity index (χ0n) is 8.65. The largest absolute Gasteiger partial charge is 0.305 e. The van der Waals surface area contributed by atoms with Crippen molar-refractivity contribution in [2.24, 2.45) is 0 Å². The Labute approximate surface area is 82.1 Å². The molecule has 0 radical (unpaired) electrons. The van der Waals surface area contributed by atoms with E-state index in [0.717, 1.165) is 6.54 Å². The van der Waals surface area contributed by atoms with Crippen molar-refractivity contribution in [2.45, 2.75) is 44.9 Å². The van der Waals surface area contributed by atoms with Gasteiger partial charge in [0, 0.05) is 11.9 Å². The van der Waals surface area contributed by atoms with E-state index in [1.165, 1.54) is 32.2 Å². The third-order valence-corrected chi connectivity index (χ3v) is 2.09. The molecule has 0 rings (SSSR count). The second-order valence-electron chi connectivity index (χ2n) is 3.60. The molecule has 0 aromatic carbocycles. The minimum Gasteiger partial charge on any atom is -0.305 e. The molecular formula is C10H22ClN. The molecule has 0 aliphatic heterocycles. The summed E-state index contributed by atoms with van der Waals surface area (Å²) >= 11 is 5.87. The van der Waals surface area contributed by atoms with Crippen LogP contribution in [0, 0.1) is 0 Å². The number of nitrogens with zero attached hydrogens (tertiary/aromatic N) is 1. The van der Waals surface area contributed by atoms with Gasteiger partial charge < -0.3 is 4.90 Å². The van der Waals surface area contributed by atoms with Crippen LogP contribution in [0.2, 0.25) is 0 Å². The molecule has 2 heteroatoms. The summed E-state index contributed by atoms with van der Waals surface area (Å²) in [6.07, 6.45) is 5.35. The monoisotopic (exact) mass is 191 g/mol. The van der Waals surface area contributed by atoms with Crippen molar-refractivity contribution >= 4 is 11.6 Å². The van der Waals surface area contributed by atoms with Crippen LogP contribution in [0.15, 0.2) is 0 Å². The molecule has 0 saturated heterocycles. The van der Waals surface area contributed by atoms with Gasteiger partial charge >= 0.3 is 0 Å². The Morgan fingerprint density at radius 2 is 1.92 bits per heavy atom. The van der Waals surface area contributed by atoms with E-state index in [1.54, 1.807) is 0 Å². The fourth-order valence-corrected chi connectivity index (χ4v) is 1.56. The van der Waals surface area contributed by atoms with Crippen LogP contribution >= 0.6 is 11.6 Å². The first-order valence-electron chi connectivity index (χ1n) is 4.99. The molecule has 1 atom stereocenters. The Bertz CT molecular complexity index is 93.8. The van der Waals surface area contributed by atoms with Crippen molar-refractivity contribution < 1.29 is 0 Å². The highest BCUT2D eigenvalue weighted by atomic mass is 35.5. The van der Waals surface area contributed by atoms with Gasteiger partial charge in [-0.2, -0.15) is 0 Å². The summed E-state index contributed by atoms with van der Waals surface area (Å²) < 4.78 is 0. The maximum Gasteiger partial charge on any atom is 0.0434 e. The number of alkyl halides is 1. The predicted molar refractivity (Wildman–Crippen MR) is 57.0 cm³/mol. The van der Waals surface area contributed by atoms with Crippen LogP contribution < -0.4 is 0 Å². The SMILES string of the molecule is CCCCCCN(C)CC(C)Cl. The van der Waals surface area contributed by atoms with Gasteiger partial charge in [0.05, 0.1) is 0 Å². The molecule has 1 nitrogen and oxygen atoms in total. The van der Waals surface area contributed by atoms with E-state index >= 15 is 0 Å². The summed E-state index contributed by atoms with van der Waals surface area (Å²) in [4.78, 5) is 2.31. The fraction of sp³-hybridized carbons (Fsp3) is 1.00. The molecule has 0 spiro atoms. The van der Waals surface area contributed by atoms with Crippen LogP contribution in [0.4, 0.5) is 0 Å². The average Bonchev–Trinajstić information content (AvgIpc) is 1.97. The molecule has 0 saturated carbocycles. The number of unbranched alkanes of at least 4 members (excludes halogenated alkanes) is 3. The van der Waals surface area contributed by atoms with Crippen molar-refractivity contribution in [1.29, 1.82) is 0 Å². The van der Waals surface area contributed by atoms with Crippen LogP contribution in [0.5, 0.6) is 0 Å². The van der Waals surface area contributed by atoms with Crippen LogP contribution in [-0.4, -0.2) is 30.4 Å². The molecular weight excluding hydrogens is 170 g/mol. The van der Waals surface area contributed by atoms with Gasteiger partial charge in [-0.25, -0.2) is 0 Å². The minimum atomic E-state index is 0.279. The second kappa shape index (κ2) is 7.88. The Balaban J connectivity index is 3.14. The normalized spacial score (nSPS) is 13.8. The average molecular weight is 192 g/mol. The third kappa shape index (κ3) is 8.35. The van der Waals surface area contributed by atoms with Crippen LogP contribution in [-0.2, 0) is 0 Å². The number of halogens is 1. The maximum atomic E-state index is 5.87. The summed E-state index contributed by atoms with van der Waals surface area (Å²) in [5.41, 5.74) is 0. The topological polar surface area (TPSA) is 3.24 Å².